The van der Waals surface area contributed by atoms with E-state index in [1.54, 1.807) is 13.8 Å². The average molecular weight is 260 g/mol. The van der Waals surface area contributed by atoms with E-state index in [0.29, 0.717) is 10.6 Å². The van der Waals surface area contributed by atoms with Crippen LogP contribution in [0.15, 0.2) is 23.1 Å². The Hall–Kier alpha value is -1.10. The van der Waals surface area contributed by atoms with Gasteiger partial charge in [0.25, 0.3) is 0 Å². The molecule has 0 amide bonds. The summed E-state index contributed by atoms with van der Waals surface area (Å²) >= 11 is 1.16. The number of hydrogen-bond acceptors (Lipinski definition) is 3. The molecule has 0 aliphatic carbocycles. The molecule has 0 aliphatic rings. The van der Waals surface area contributed by atoms with E-state index in [1.165, 1.54) is 19.2 Å². The third kappa shape index (κ3) is 3.70. The van der Waals surface area contributed by atoms with E-state index in [1.807, 2.05) is 0 Å². The number of carbonyl (C=O) groups is 1. The van der Waals surface area contributed by atoms with Crippen molar-refractivity contribution >= 4 is 17.7 Å². The minimum absolute atomic E-state index is 0.323. The van der Waals surface area contributed by atoms with Crippen LogP contribution in [0.4, 0.5) is 8.78 Å². The summed E-state index contributed by atoms with van der Waals surface area (Å²) in [4.78, 5) is 11.7. The van der Waals surface area contributed by atoms with Gasteiger partial charge in [-0.3, -0.25) is 4.79 Å². The molecule has 2 nitrogen and oxygen atoms in total. The lowest BCUT2D eigenvalue weighted by Gasteiger charge is -2.20. The van der Waals surface area contributed by atoms with Crippen LogP contribution in [0.2, 0.25) is 0 Å². The Morgan fingerprint density at radius 1 is 1.41 bits per heavy atom. The van der Waals surface area contributed by atoms with Crippen molar-refractivity contribution in [3.8, 4) is 0 Å². The van der Waals surface area contributed by atoms with Gasteiger partial charge in [0.05, 0.1) is 12.5 Å². The standard InChI is InChI=1S/C12H14F2O2S/c1-12(2,11(15)16-3)7-17-10-5-4-8(13)6-9(10)14/h4-6H,7H2,1-3H3. The van der Waals surface area contributed by atoms with Gasteiger partial charge in [-0.1, -0.05) is 0 Å². The Labute approximate surface area is 103 Å². The molecule has 0 aromatic heterocycles. The van der Waals surface area contributed by atoms with Crippen LogP contribution in [0.3, 0.4) is 0 Å². The Balaban J connectivity index is 2.70. The third-order valence-electron chi connectivity index (χ3n) is 2.22. The summed E-state index contributed by atoms with van der Waals surface area (Å²) in [7, 11) is 1.31. The first kappa shape index (κ1) is 14.0. The van der Waals surface area contributed by atoms with Crippen molar-refractivity contribution in [3.05, 3.63) is 29.8 Å². The van der Waals surface area contributed by atoms with Gasteiger partial charge in [-0.05, 0) is 26.0 Å². The molecule has 0 unspecified atom stereocenters. The lowest BCUT2D eigenvalue weighted by molar-refractivity contribution is -0.149. The zero-order chi connectivity index (χ0) is 13.1. The second-order valence-corrected chi connectivity index (χ2v) is 5.26. The number of rotatable bonds is 4. The Morgan fingerprint density at radius 2 is 2.06 bits per heavy atom. The van der Waals surface area contributed by atoms with Crippen LogP contribution in [0.1, 0.15) is 13.8 Å². The quantitative estimate of drug-likeness (QED) is 0.614. The zero-order valence-electron chi connectivity index (χ0n) is 9.92. The highest BCUT2D eigenvalue weighted by Gasteiger charge is 2.29. The van der Waals surface area contributed by atoms with E-state index < -0.39 is 17.0 Å². The molecule has 5 heteroatoms. The van der Waals surface area contributed by atoms with Crippen LogP contribution < -0.4 is 0 Å². The number of esters is 1. The number of methoxy groups -OCH3 is 1. The summed E-state index contributed by atoms with van der Waals surface area (Å²) in [6.07, 6.45) is 0. The molecule has 0 radical (unpaired) electrons. The number of halogens is 2. The summed E-state index contributed by atoms with van der Waals surface area (Å²) in [5.74, 6) is -1.22. The predicted octanol–water partition coefficient (Wildman–Crippen LogP) is 3.26. The van der Waals surface area contributed by atoms with Gasteiger partial charge in [0.1, 0.15) is 11.6 Å². The predicted molar refractivity (Wildman–Crippen MR) is 62.9 cm³/mol. The summed E-state index contributed by atoms with van der Waals surface area (Å²) in [5, 5.41) is 0. The van der Waals surface area contributed by atoms with Gasteiger partial charge in [-0.15, -0.1) is 11.8 Å². The summed E-state index contributed by atoms with van der Waals surface area (Å²) in [5.41, 5.74) is -0.708. The maximum Gasteiger partial charge on any atom is 0.312 e. The SMILES string of the molecule is COC(=O)C(C)(C)CSc1ccc(F)cc1F. The molecule has 0 heterocycles. The normalized spacial score (nSPS) is 11.4. The van der Waals surface area contributed by atoms with E-state index in [4.69, 9.17) is 0 Å². The second kappa shape index (κ2) is 5.49. The lowest BCUT2D eigenvalue weighted by Crippen LogP contribution is -2.28. The molecule has 1 aromatic rings. The topological polar surface area (TPSA) is 26.3 Å². The van der Waals surface area contributed by atoms with Gasteiger partial charge in [-0.25, -0.2) is 8.78 Å². The molecular weight excluding hydrogens is 246 g/mol. The molecule has 0 fully saturated rings. The molecule has 0 bridgehead atoms. The fraction of sp³-hybridized carbons (Fsp3) is 0.417. The van der Waals surface area contributed by atoms with Gasteiger partial charge >= 0.3 is 5.97 Å². The largest absolute Gasteiger partial charge is 0.469 e. The van der Waals surface area contributed by atoms with Crippen LogP contribution in [-0.4, -0.2) is 18.8 Å². The molecule has 1 rings (SSSR count). The van der Waals surface area contributed by atoms with E-state index in [-0.39, 0.29) is 5.97 Å². The third-order valence-corrected chi connectivity index (χ3v) is 3.73. The Kier molecular flexibility index (Phi) is 4.51. The molecule has 94 valence electrons. The van der Waals surface area contributed by atoms with Gasteiger partial charge in [0.2, 0.25) is 0 Å². The maximum absolute atomic E-state index is 13.3. The second-order valence-electron chi connectivity index (χ2n) is 4.24. The van der Waals surface area contributed by atoms with Crippen LogP contribution in [-0.2, 0) is 9.53 Å². The van der Waals surface area contributed by atoms with Crippen LogP contribution in [0.25, 0.3) is 0 Å². The van der Waals surface area contributed by atoms with Crippen molar-refractivity contribution in [1.82, 2.24) is 0 Å². The van der Waals surface area contributed by atoms with Crippen molar-refractivity contribution in [1.29, 1.82) is 0 Å². The molecule has 0 atom stereocenters. The van der Waals surface area contributed by atoms with Crippen molar-refractivity contribution in [2.45, 2.75) is 18.7 Å². The fourth-order valence-corrected chi connectivity index (χ4v) is 2.18. The van der Waals surface area contributed by atoms with Gasteiger partial charge < -0.3 is 4.74 Å². The van der Waals surface area contributed by atoms with E-state index in [2.05, 4.69) is 4.74 Å². The van der Waals surface area contributed by atoms with Crippen LogP contribution >= 0.6 is 11.8 Å². The first-order valence-corrected chi connectivity index (χ1v) is 6.01. The minimum Gasteiger partial charge on any atom is -0.469 e. The average Bonchev–Trinajstić information content (AvgIpc) is 2.26. The van der Waals surface area contributed by atoms with Crippen molar-refractivity contribution in [3.63, 3.8) is 0 Å². The van der Waals surface area contributed by atoms with Crippen molar-refractivity contribution < 1.29 is 18.3 Å². The first-order chi connectivity index (χ1) is 7.86. The summed E-state index contributed by atoms with van der Waals surface area (Å²) < 4.78 is 30.7. The highest BCUT2D eigenvalue weighted by molar-refractivity contribution is 7.99. The van der Waals surface area contributed by atoms with Gasteiger partial charge in [-0.2, -0.15) is 0 Å². The minimum atomic E-state index is -0.708. The number of benzene rings is 1. The number of carbonyl (C=O) groups excluding carboxylic acids is 1. The zero-order valence-corrected chi connectivity index (χ0v) is 10.7. The highest BCUT2D eigenvalue weighted by atomic mass is 32.2. The highest BCUT2D eigenvalue weighted by Crippen LogP contribution is 2.30. The van der Waals surface area contributed by atoms with E-state index in [9.17, 15) is 13.6 Å². The molecule has 17 heavy (non-hydrogen) atoms. The summed E-state index contributed by atoms with van der Waals surface area (Å²) in [6.45, 7) is 3.43. The number of hydrogen-bond donors (Lipinski definition) is 0. The van der Waals surface area contributed by atoms with Crippen LogP contribution in [0.5, 0.6) is 0 Å². The Bertz CT molecular complexity index is 419. The van der Waals surface area contributed by atoms with Crippen LogP contribution in [0, 0.1) is 17.0 Å². The first-order valence-electron chi connectivity index (χ1n) is 5.03. The van der Waals surface area contributed by atoms with Crippen molar-refractivity contribution in [2.75, 3.05) is 12.9 Å². The lowest BCUT2D eigenvalue weighted by atomic mass is 9.97. The molecule has 0 aliphatic heterocycles. The smallest absolute Gasteiger partial charge is 0.312 e. The van der Waals surface area contributed by atoms with Gasteiger partial charge in [0, 0.05) is 16.7 Å². The summed E-state index contributed by atoms with van der Waals surface area (Å²) in [6, 6.07) is 3.38. The maximum atomic E-state index is 13.3. The molecule has 0 saturated carbocycles. The Morgan fingerprint density at radius 3 is 2.59 bits per heavy atom. The monoisotopic (exact) mass is 260 g/mol. The molecule has 0 saturated heterocycles. The fourth-order valence-electron chi connectivity index (χ4n) is 1.19. The molecular formula is C12H14F2O2S. The molecule has 1 aromatic carbocycles. The number of ether oxygens (including phenoxy) is 1. The van der Waals surface area contributed by atoms with Gasteiger partial charge in [0.15, 0.2) is 0 Å². The number of thioether (sulfide) groups is 1. The van der Waals surface area contributed by atoms with Crippen molar-refractivity contribution in [2.24, 2.45) is 5.41 Å². The molecule has 0 N–H and O–H groups in total. The van der Waals surface area contributed by atoms with E-state index in [0.717, 1.165) is 17.8 Å². The molecule has 0 spiro atoms. The van der Waals surface area contributed by atoms with E-state index >= 15 is 0 Å².